The largest absolute Gasteiger partial charge is 0.322 e. The summed E-state index contributed by atoms with van der Waals surface area (Å²) in [5.74, 6) is 0. The minimum absolute atomic E-state index is 0.0616. The summed E-state index contributed by atoms with van der Waals surface area (Å²) in [5, 5.41) is 16.6. The molecule has 74 valence electrons. The van der Waals surface area contributed by atoms with Crippen LogP contribution in [0.25, 0.3) is 10.6 Å². The molecule has 0 radical (unpaired) electrons. The predicted octanol–water partition coefficient (Wildman–Crippen LogP) is 1.26. The Morgan fingerprint density at radius 2 is 2.29 bits per heavy atom. The van der Waals surface area contributed by atoms with Gasteiger partial charge in [-0.1, -0.05) is 11.3 Å². The fourth-order valence-corrected chi connectivity index (χ4v) is 1.96. The second-order valence-electron chi connectivity index (χ2n) is 3.14. The zero-order valence-electron chi connectivity index (χ0n) is 7.98. The van der Waals surface area contributed by atoms with Gasteiger partial charge in [0.1, 0.15) is 5.01 Å². The van der Waals surface area contributed by atoms with Crippen molar-refractivity contribution in [3.63, 3.8) is 0 Å². The van der Waals surface area contributed by atoms with E-state index in [0.29, 0.717) is 0 Å². The molecule has 1 unspecified atom stereocenters. The van der Waals surface area contributed by atoms with Crippen LogP contribution in [-0.2, 0) is 0 Å². The summed E-state index contributed by atoms with van der Waals surface area (Å²) in [7, 11) is 0. The Bertz CT molecular complexity index is 430. The average molecular weight is 209 g/mol. The number of hydrogen-bond donors (Lipinski definition) is 2. The summed E-state index contributed by atoms with van der Waals surface area (Å²) in [4.78, 5) is 0. The number of aryl methyl sites for hydroxylation is 1. The molecule has 0 aromatic carbocycles. The van der Waals surface area contributed by atoms with E-state index in [1.54, 1.807) is 6.20 Å². The maximum Gasteiger partial charge on any atom is 0.151 e. The lowest BCUT2D eigenvalue weighted by Crippen LogP contribution is -2.03. The molecule has 0 saturated heterocycles. The van der Waals surface area contributed by atoms with Gasteiger partial charge >= 0.3 is 0 Å². The van der Waals surface area contributed by atoms with Crippen LogP contribution in [0.2, 0.25) is 0 Å². The normalized spacial score (nSPS) is 13.1. The van der Waals surface area contributed by atoms with Crippen LogP contribution in [0.15, 0.2) is 6.20 Å². The highest BCUT2D eigenvalue weighted by Gasteiger charge is 2.12. The summed E-state index contributed by atoms with van der Waals surface area (Å²) in [6, 6.07) is -0.0616. The fourth-order valence-electron chi connectivity index (χ4n) is 1.09. The SMILES string of the molecule is Cc1[nH]ncc1-c1nnc(C(C)N)s1. The number of rotatable bonds is 2. The monoisotopic (exact) mass is 209 g/mol. The van der Waals surface area contributed by atoms with E-state index in [2.05, 4.69) is 20.4 Å². The molecule has 0 amide bonds. The van der Waals surface area contributed by atoms with Gasteiger partial charge < -0.3 is 5.73 Å². The van der Waals surface area contributed by atoms with Crippen LogP contribution in [0.1, 0.15) is 23.7 Å². The lowest BCUT2D eigenvalue weighted by atomic mass is 10.3. The molecule has 2 aromatic rings. The smallest absolute Gasteiger partial charge is 0.151 e. The molecule has 0 aliphatic rings. The van der Waals surface area contributed by atoms with Crippen LogP contribution < -0.4 is 5.73 Å². The van der Waals surface area contributed by atoms with Crippen LogP contribution in [0, 0.1) is 6.92 Å². The molecular weight excluding hydrogens is 198 g/mol. The van der Waals surface area contributed by atoms with Gasteiger partial charge in [-0.05, 0) is 13.8 Å². The Morgan fingerprint density at radius 3 is 2.79 bits per heavy atom. The van der Waals surface area contributed by atoms with E-state index < -0.39 is 0 Å². The number of H-pyrrole nitrogens is 1. The van der Waals surface area contributed by atoms with Gasteiger partial charge in [-0.2, -0.15) is 5.10 Å². The Balaban J connectivity index is 2.39. The predicted molar refractivity (Wildman–Crippen MR) is 54.8 cm³/mol. The first-order valence-electron chi connectivity index (χ1n) is 4.28. The number of nitrogens with one attached hydrogen (secondary N) is 1. The molecule has 0 fully saturated rings. The molecule has 2 aromatic heterocycles. The molecule has 14 heavy (non-hydrogen) atoms. The Morgan fingerprint density at radius 1 is 1.50 bits per heavy atom. The standard InChI is InChI=1S/C8H11N5S/c1-4(9)7-12-13-8(14-7)6-3-10-11-5(6)2/h3-4H,9H2,1-2H3,(H,10,11). The summed E-state index contributed by atoms with van der Waals surface area (Å²) in [6.07, 6.45) is 1.75. The molecular formula is C8H11N5S. The minimum Gasteiger partial charge on any atom is -0.322 e. The molecule has 0 saturated carbocycles. The van der Waals surface area contributed by atoms with Crippen LogP contribution in [0.3, 0.4) is 0 Å². The van der Waals surface area contributed by atoms with Gasteiger partial charge in [-0.15, -0.1) is 10.2 Å². The van der Waals surface area contributed by atoms with Crippen molar-refractivity contribution in [3.05, 3.63) is 16.9 Å². The molecule has 2 heterocycles. The van der Waals surface area contributed by atoms with Crippen molar-refractivity contribution in [2.75, 3.05) is 0 Å². The molecule has 0 bridgehead atoms. The lowest BCUT2D eigenvalue weighted by Gasteiger charge is -1.94. The van der Waals surface area contributed by atoms with Gasteiger partial charge in [-0.25, -0.2) is 0 Å². The quantitative estimate of drug-likeness (QED) is 0.780. The van der Waals surface area contributed by atoms with Gasteiger partial charge in [0.15, 0.2) is 5.01 Å². The van der Waals surface area contributed by atoms with E-state index in [0.717, 1.165) is 21.3 Å². The number of nitrogens with zero attached hydrogens (tertiary/aromatic N) is 3. The zero-order chi connectivity index (χ0) is 10.1. The van der Waals surface area contributed by atoms with E-state index >= 15 is 0 Å². The molecule has 6 heteroatoms. The maximum absolute atomic E-state index is 5.70. The first-order chi connectivity index (χ1) is 6.68. The highest BCUT2D eigenvalue weighted by atomic mass is 32.1. The first kappa shape index (κ1) is 9.29. The van der Waals surface area contributed by atoms with Crippen molar-refractivity contribution in [2.24, 2.45) is 5.73 Å². The van der Waals surface area contributed by atoms with Crippen molar-refractivity contribution in [1.29, 1.82) is 0 Å². The van der Waals surface area contributed by atoms with Crippen molar-refractivity contribution < 1.29 is 0 Å². The topological polar surface area (TPSA) is 80.5 Å². The molecule has 1 atom stereocenters. The molecule has 0 spiro atoms. The summed E-state index contributed by atoms with van der Waals surface area (Å²) >= 11 is 1.51. The summed E-state index contributed by atoms with van der Waals surface area (Å²) in [5.41, 5.74) is 7.70. The number of aromatic amines is 1. The Hall–Kier alpha value is -1.27. The first-order valence-corrected chi connectivity index (χ1v) is 5.09. The highest BCUT2D eigenvalue weighted by molar-refractivity contribution is 7.14. The molecule has 5 nitrogen and oxygen atoms in total. The van der Waals surface area contributed by atoms with Crippen molar-refractivity contribution >= 4 is 11.3 Å². The zero-order valence-corrected chi connectivity index (χ0v) is 8.80. The molecule has 3 N–H and O–H groups in total. The van der Waals surface area contributed by atoms with Gasteiger partial charge in [0, 0.05) is 5.69 Å². The number of hydrogen-bond acceptors (Lipinski definition) is 5. The average Bonchev–Trinajstić information content (AvgIpc) is 2.71. The third-order valence-electron chi connectivity index (χ3n) is 1.89. The number of aromatic nitrogens is 4. The van der Waals surface area contributed by atoms with Crippen molar-refractivity contribution in [3.8, 4) is 10.6 Å². The third-order valence-corrected chi connectivity index (χ3v) is 3.05. The van der Waals surface area contributed by atoms with E-state index in [-0.39, 0.29) is 6.04 Å². The highest BCUT2D eigenvalue weighted by Crippen LogP contribution is 2.26. The van der Waals surface area contributed by atoms with Gasteiger partial charge in [0.25, 0.3) is 0 Å². The molecule has 0 aliphatic carbocycles. The lowest BCUT2D eigenvalue weighted by molar-refractivity contribution is 0.786. The number of nitrogens with two attached hydrogens (primary N) is 1. The Kier molecular flexibility index (Phi) is 2.30. The van der Waals surface area contributed by atoms with E-state index in [1.807, 2.05) is 13.8 Å². The summed E-state index contributed by atoms with van der Waals surface area (Å²) in [6.45, 7) is 3.85. The fraction of sp³-hybridized carbons (Fsp3) is 0.375. The van der Waals surface area contributed by atoms with E-state index in [1.165, 1.54) is 11.3 Å². The van der Waals surface area contributed by atoms with E-state index in [9.17, 15) is 0 Å². The third kappa shape index (κ3) is 1.53. The minimum atomic E-state index is -0.0616. The molecule has 2 rings (SSSR count). The Labute approximate surface area is 85.4 Å². The van der Waals surface area contributed by atoms with E-state index in [4.69, 9.17) is 5.73 Å². The second kappa shape index (κ2) is 3.47. The second-order valence-corrected chi connectivity index (χ2v) is 4.15. The van der Waals surface area contributed by atoms with Gasteiger partial charge in [0.05, 0.1) is 17.8 Å². The molecule has 0 aliphatic heterocycles. The van der Waals surface area contributed by atoms with Gasteiger partial charge in [0.2, 0.25) is 0 Å². The van der Waals surface area contributed by atoms with Crippen molar-refractivity contribution in [1.82, 2.24) is 20.4 Å². The summed E-state index contributed by atoms with van der Waals surface area (Å²) < 4.78 is 0. The van der Waals surface area contributed by atoms with Crippen LogP contribution in [-0.4, -0.2) is 20.4 Å². The maximum atomic E-state index is 5.70. The van der Waals surface area contributed by atoms with Crippen molar-refractivity contribution in [2.45, 2.75) is 19.9 Å². The van der Waals surface area contributed by atoms with Crippen LogP contribution in [0.4, 0.5) is 0 Å². The van der Waals surface area contributed by atoms with Crippen LogP contribution >= 0.6 is 11.3 Å². The van der Waals surface area contributed by atoms with Crippen LogP contribution in [0.5, 0.6) is 0 Å². The van der Waals surface area contributed by atoms with Gasteiger partial charge in [-0.3, -0.25) is 5.10 Å².